The van der Waals surface area contributed by atoms with Crippen LogP contribution in [0, 0.1) is 5.41 Å². The van der Waals surface area contributed by atoms with E-state index in [1.54, 1.807) is 0 Å². The van der Waals surface area contributed by atoms with Crippen LogP contribution in [0.5, 0.6) is 0 Å². The minimum Gasteiger partial charge on any atom is -0.375 e. The fourth-order valence-electron chi connectivity index (χ4n) is 1.85. The molecule has 1 atom stereocenters. The van der Waals surface area contributed by atoms with E-state index in [4.69, 9.17) is 4.74 Å². The van der Waals surface area contributed by atoms with Crippen LogP contribution in [0.25, 0.3) is 0 Å². The molecule has 0 aliphatic heterocycles. The summed E-state index contributed by atoms with van der Waals surface area (Å²) in [6, 6.07) is 0. The maximum absolute atomic E-state index is 6.16. The van der Waals surface area contributed by atoms with Crippen molar-refractivity contribution in [3.05, 3.63) is 0 Å². The predicted octanol–water partition coefficient (Wildman–Crippen LogP) is 5.58. The minimum absolute atomic E-state index is 0.110. The van der Waals surface area contributed by atoms with Gasteiger partial charge in [0.05, 0.1) is 5.60 Å². The normalized spacial score (nSPS) is 15.9. The van der Waals surface area contributed by atoms with Crippen LogP contribution >= 0.6 is 0 Å². The van der Waals surface area contributed by atoms with Gasteiger partial charge in [-0.3, -0.25) is 0 Å². The Balaban J connectivity index is 3.94. The molecule has 0 aromatic rings. The van der Waals surface area contributed by atoms with Gasteiger partial charge < -0.3 is 4.74 Å². The number of rotatable bonds is 10. The number of ether oxygens (including phenoxy) is 1. The highest BCUT2D eigenvalue weighted by Gasteiger charge is 2.23. The van der Waals surface area contributed by atoms with Gasteiger partial charge in [-0.1, -0.05) is 60.3 Å². The highest BCUT2D eigenvalue weighted by molar-refractivity contribution is 4.74. The largest absolute Gasteiger partial charge is 0.375 e. The zero-order chi connectivity index (χ0) is 13.4. The molecule has 17 heavy (non-hydrogen) atoms. The van der Waals surface area contributed by atoms with Gasteiger partial charge in [0.25, 0.3) is 0 Å². The fraction of sp³-hybridized carbons (Fsp3) is 1.00. The summed E-state index contributed by atoms with van der Waals surface area (Å²) < 4.78 is 6.16. The smallest absolute Gasteiger partial charge is 0.0651 e. The number of hydrogen-bond donors (Lipinski definition) is 0. The van der Waals surface area contributed by atoms with Crippen molar-refractivity contribution in [1.29, 1.82) is 0 Å². The lowest BCUT2D eigenvalue weighted by atomic mass is 9.87. The Kier molecular flexibility index (Phi) is 8.11. The van der Waals surface area contributed by atoms with Crippen LogP contribution in [-0.4, -0.2) is 12.2 Å². The molecule has 0 radical (unpaired) electrons. The molecule has 0 aliphatic rings. The average molecular weight is 242 g/mol. The Morgan fingerprint density at radius 3 is 1.94 bits per heavy atom. The summed E-state index contributed by atoms with van der Waals surface area (Å²) in [6.07, 6.45) is 8.68. The highest BCUT2D eigenvalue weighted by atomic mass is 16.5. The molecule has 1 heteroatoms. The van der Waals surface area contributed by atoms with Crippen molar-refractivity contribution in [3.63, 3.8) is 0 Å². The van der Waals surface area contributed by atoms with E-state index in [-0.39, 0.29) is 5.60 Å². The summed E-state index contributed by atoms with van der Waals surface area (Å²) in [7, 11) is 0. The summed E-state index contributed by atoms with van der Waals surface area (Å²) in [5.41, 5.74) is 0.539. The third kappa shape index (κ3) is 7.81. The molecular weight excluding hydrogens is 208 g/mol. The van der Waals surface area contributed by atoms with Crippen molar-refractivity contribution in [3.8, 4) is 0 Å². The molecule has 0 N–H and O–H groups in total. The SMILES string of the molecule is CCCCCC(C)(CC)OCCC(C)(C)CC. The van der Waals surface area contributed by atoms with Crippen molar-refractivity contribution in [2.75, 3.05) is 6.61 Å². The van der Waals surface area contributed by atoms with Crippen molar-refractivity contribution in [2.45, 2.75) is 92.1 Å². The first-order chi connectivity index (χ1) is 7.89. The minimum atomic E-state index is 0.110. The first-order valence-corrected chi connectivity index (χ1v) is 7.53. The van der Waals surface area contributed by atoms with Gasteiger partial charge in [-0.2, -0.15) is 0 Å². The Labute approximate surface area is 109 Å². The number of unbranched alkanes of at least 4 members (excludes halogenated alkanes) is 2. The third-order valence-corrected chi connectivity index (χ3v) is 4.24. The van der Waals surface area contributed by atoms with Crippen LogP contribution in [0.2, 0.25) is 0 Å². The van der Waals surface area contributed by atoms with Gasteiger partial charge >= 0.3 is 0 Å². The van der Waals surface area contributed by atoms with Crippen LogP contribution in [0.1, 0.15) is 86.5 Å². The van der Waals surface area contributed by atoms with Crippen LogP contribution in [0.4, 0.5) is 0 Å². The molecule has 0 amide bonds. The predicted molar refractivity (Wildman–Crippen MR) is 77.5 cm³/mol. The second-order valence-corrected chi connectivity index (χ2v) is 6.38. The topological polar surface area (TPSA) is 9.23 Å². The second-order valence-electron chi connectivity index (χ2n) is 6.38. The zero-order valence-electron chi connectivity index (χ0n) is 13.1. The Bertz CT molecular complexity index is 186. The first-order valence-electron chi connectivity index (χ1n) is 7.53. The van der Waals surface area contributed by atoms with Gasteiger partial charge in [0.15, 0.2) is 0 Å². The van der Waals surface area contributed by atoms with Crippen LogP contribution in [0.15, 0.2) is 0 Å². The molecular formula is C16H34O. The molecule has 0 aliphatic carbocycles. The summed E-state index contributed by atoms with van der Waals surface area (Å²) in [6.45, 7) is 14.6. The summed E-state index contributed by atoms with van der Waals surface area (Å²) in [5.74, 6) is 0. The lowest BCUT2D eigenvalue weighted by Gasteiger charge is -2.31. The van der Waals surface area contributed by atoms with E-state index in [0.29, 0.717) is 5.41 Å². The van der Waals surface area contributed by atoms with Crippen LogP contribution in [-0.2, 0) is 4.74 Å². The molecule has 0 saturated heterocycles. The van der Waals surface area contributed by atoms with E-state index < -0.39 is 0 Å². The van der Waals surface area contributed by atoms with E-state index in [0.717, 1.165) is 13.0 Å². The maximum atomic E-state index is 6.16. The van der Waals surface area contributed by atoms with E-state index in [9.17, 15) is 0 Å². The van der Waals surface area contributed by atoms with Crippen molar-refractivity contribution in [2.24, 2.45) is 5.41 Å². The van der Waals surface area contributed by atoms with Crippen LogP contribution < -0.4 is 0 Å². The average Bonchev–Trinajstić information content (AvgIpc) is 2.29. The molecule has 0 heterocycles. The second kappa shape index (κ2) is 8.13. The van der Waals surface area contributed by atoms with Gasteiger partial charge in [-0.05, 0) is 31.6 Å². The summed E-state index contributed by atoms with van der Waals surface area (Å²) >= 11 is 0. The van der Waals surface area contributed by atoms with Gasteiger partial charge in [-0.15, -0.1) is 0 Å². The molecule has 0 rings (SSSR count). The van der Waals surface area contributed by atoms with Crippen molar-refractivity contribution < 1.29 is 4.74 Å². The standard InChI is InChI=1S/C16H34O/c1-7-10-11-12-16(6,9-3)17-14-13-15(4,5)8-2/h7-14H2,1-6H3. The van der Waals surface area contributed by atoms with Gasteiger partial charge in [0.2, 0.25) is 0 Å². The lowest BCUT2D eigenvalue weighted by molar-refractivity contribution is -0.0516. The van der Waals surface area contributed by atoms with Crippen molar-refractivity contribution >= 4 is 0 Å². The maximum Gasteiger partial charge on any atom is 0.0651 e. The Morgan fingerprint density at radius 2 is 1.47 bits per heavy atom. The Morgan fingerprint density at radius 1 is 0.824 bits per heavy atom. The van der Waals surface area contributed by atoms with E-state index in [1.165, 1.54) is 38.5 Å². The molecule has 0 aromatic carbocycles. The highest BCUT2D eigenvalue weighted by Crippen LogP contribution is 2.28. The Hall–Kier alpha value is -0.0400. The van der Waals surface area contributed by atoms with Gasteiger partial charge in [0, 0.05) is 6.61 Å². The first kappa shape index (κ1) is 17.0. The molecule has 1 nitrogen and oxygen atoms in total. The molecule has 0 saturated carbocycles. The van der Waals surface area contributed by atoms with Crippen LogP contribution in [0.3, 0.4) is 0 Å². The molecule has 104 valence electrons. The molecule has 1 unspecified atom stereocenters. The van der Waals surface area contributed by atoms with E-state index in [2.05, 4.69) is 41.5 Å². The van der Waals surface area contributed by atoms with Crippen molar-refractivity contribution in [1.82, 2.24) is 0 Å². The summed E-state index contributed by atoms with van der Waals surface area (Å²) in [4.78, 5) is 0. The summed E-state index contributed by atoms with van der Waals surface area (Å²) in [5, 5.41) is 0. The van der Waals surface area contributed by atoms with Gasteiger partial charge in [0.1, 0.15) is 0 Å². The zero-order valence-corrected chi connectivity index (χ0v) is 13.1. The monoisotopic (exact) mass is 242 g/mol. The quantitative estimate of drug-likeness (QED) is 0.454. The molecule has 0 aromatic heterocycles. The van der Waals surface area contributed by atoms with Gasteiger partial charge in [-0.25, -0.2) is 0 Å². The molecule has 0 fully saturated rings. The molecule has 0 bridgehead atoms. The van der Waals surface area contributed by atoms with E-state index in [1.807, 2.05) is 0 Å². The number of hydrogen-bond acceptors (Lipinski definition) is 1. The molecule has 0 spiro atoms. The fourth-order valence-corrected chi connectivity index (χ4v) is 1.85. The van der Waals surface area contributed by atoms with E-state index >= 15 is 0 Å². The lowest BCUT2D eigenvalue weighted by Crippen LogP contribution is -2.29. The third-order valence-electron chi connectivity index (χ3n) is 4.24.